The first kappa shape index (κ1) is 27.9. The first-order valence-corrected chi connectivity index (χ1v) is 11.6. The lowest BCUT2D eigenvalue weighted by Crippen LogP contribution is -2.40. The molecule has 190 valence electrons. The maximum absolute atomic E-state index is 12.1. The molecule has 0 spiro atoms. The van der Waals surface area contributed by atoms with Crippen molar-refractivity contribution < 1.29 is 38.1 Å². The number of hydrogen-bond acceptors (Lipinski definition) is 8. The SMILES string of the molecule is CC(=O)OC/C1=C\[C@H](OC(C)=O)[C@@H]2CC=C(C)/C(=C/C#C[C@@H](OC(C)=O)C[C@@H]1OC(C)=O)C2(C)C. The molecular weight excluding hydrogens is 452 g/mol. The van der Waals surface area contributed by atoms with E-state index < -0.39 is 47.6 Å². The zero-order valence-corrected chi connectivity index (χ0v) is 21.4. The Morgan fingerprint density at radius 3 is 2.17 bits per heavy atom. The van der Waals surface area contributed by atoms with E-state index >= 15 is 0 Å². The van der Waals surface area contributed by atoms with Crippen molar-refractivity contribution in [2.45, 2.75) is 79.6 Å². The van der Waals surface area contributed by atoms with E-state index in [4.69, 9.17) is 18.9 Å². The van der Waals surface area contributed by atoms with Crippen molar-refractivity contribution in [1.82, 2.24) is 0 Å². The monoisotopic (exact) mass is 486 g/mol. The van der Waals surface area contributed by atoms with Gasteiger partial charge < -0.3 is 18.9 Å². The summed E-state index contributed by atoms with van der Waals surface area (Å²) < 4.78 is 22.0. The average Bonchev–Trinajstić information content (AvgIpc) is 2.70. The number of rotatable bonds is 5. The van der Waals surface area contributed by atoms with Crippen LogP contribution in [0.5, 0.6) is 0 Å². The standard InChI is InChI=1S/C27H34O8/c1-16-11-12-24-26(35-20(5)31)13-21(15-32-17(2)28)25(34-19(4)30)14-22(33-18(3)29)9-8-10-23(16)27(24,6)7/h10-11,13,22,24-26H,12,14-15H2,1-7H3/b21-13+,23-10-/t22-,24+,25+,26+/m1/s1. The molecule has 0 saturated heterocycles. The van der Waals surface area contributed by atoms with E-state index in [0.717, 1.165) is 11.1 Å². The molecule has 4 atom stereocenters. The molecule has 0 aromatic rings. The predicted octanol–water partition coefficient (Wildman–Crippen LogP) is 3.60. The van der Waals surface area contributed by atoms with Gasteiger partial charge >= 0.3 is 23.9 Å². The third-order valence-corrected chi connectivity index (χ3v) is 6.16. The lowest BCUT2D eigenvalue weighted by Gasteiger charge is -2.43. The van der Waals surface area contributed by atoms with Gasteiger partial charge in [0.2, 0.25) is 0 Å². The maximum Gasteiger partial charge on any atom is 0.303 e. The van der Waals surface area contributed by atoms with E-state index in [1.54, 1.807) is 12.2 Å². The zero-order chi connectivity index (χ0) is 26.3. The number of carbonyl (C=O) groups excluding carboxylic acids is 4. The molecule has 2 rings (SSSR count). The molecule has 0 N–H and O–H groups in total. The Balaban J connectivity index is 2.77. The Kier molecular flexibility index (Phi) is 9.47. The second-order valence-electron chi connectivity index (χ2n) is 9.33. The summed E-state index contributed by atoms with van der Waals surface area (Å²) in [6.07, 6.45) is 3.66. The Morgan fingerprint density at radius 2 is 1.60 bits per heavy atom. The van der Waals surface area contributed by atoms with Gasteiger partial charge in [0, 0.05) is 45.6 Å². The van der Waals surface area contributed by atoms with Crippen molar-refractivity contribution in [3.8, 4) is 11.8 Å². The Morgan fingerprint density at radius 1 is 0.971 bits per heavy atom. The summed E-state index contributed by atoms with van der Waals surface area (Å²) in [4.78, 5) is 47.4. The van der Waals surface area contributed by atoms with Crippen molar-refractivity contribution in [1.29, 1.82) is 0 Å². The van der Waals surface area contributed by atoms with E-state index in [-0.39, 0.29) is 18.9 Å². The fourth-order valence-electron chi connectivity index (χ4n) is 4.54. The van der Waals surface area contributed by atoms with E-state index in [2.05, 4.69) is 31.8 Å². The number of hydrogen-bond donors (Lipinski definition) is 0. The molecule has 0 aromatic heterocycles. The summed E-state index contributed by atoms with van der Waals surface area (Å²) in [6, 6.07) is 0. The Bertz CT molecular complexity index is 1020. The van der Waals surface area contributed by atoms with Crippen LogP contribution in [-0.4, -0.2) is 48.8 Å². The number of allylic oxidation sites excluding steroid dienone is 4. The fourth-order valence-corrected chi connectivity index (χ4v) is 4.54. The molecule has 8 nitrogen and oxygen atoms in total. The van der Waals surface area contributed by atoms with Gasteiger partial charge in [-0.2, -0.15) is 0 Å². The van der Waals surface area contributed by atoms with Gasteiger partial charge in [-0.25, -0.2) is 0 Å². The van der Waals surface area contributed by atoms with Gasteiger partial charge in [0.25, 0.3) is 0 Å². The quantitative estimate of drug-likeness (QED) is 0.251. The molecule has 2 bridgehead atoms. The van der Waals surface area contributed by atoms with Crippen molar-refractivity contribution in [2.75, 3.05) is 6.61 Å². The number of fused-ring (bicyclic) bond motifs is 2. The van der Waals surface area contributed by atoms with Crippen LogP contribution in [0.15, 0.2) is 34.9 Å². The highest BCUT2D eigenvalue weighted by atomic mass is 16.6. The number of esters is 4. The second-order valence-corrected chi connectivity index (χ2v) is 9.33. The molecule has 0 amide bonds. The summed E-state index contributed by atoms with van der Waals surface area (Å²) >= 11 is 0. The smallest absolute Gasteiger partial charge is 0.303 e. The summed E-state index contributed by atoms with van der Waals surface area (Å²) in [5, 5.41) is 0. The van der Waals surface area contributed by atoms with Crippen LogP contribution < -0.4 is 0 Å². The lowest BCUT2D eigenvalue weighted by molar-refractivity contribution is -0.151. The van der Waals surface area contributed by atoms with Gasteiger partial charge in [-0.3, -0.25) is 19.2 Å². The molecule has 2 aliphatic rings. The average molecular weight is 487 g/mol. The molecule has 0 heterocycles. The van der Waals surface area contributed by atoms with Gasteiger partial charge in [0.1, 0.15) is 18.8 Å². The van der Waals surface area contributed by atoms with Crippen molar-refractivity contribution >= 4 is 23.9 Å². The molecular formula is C27H34O8. The lowest BCUT2D eigenvalue weighted by atomic mass is 9.63. The molecule has 0 aliphatic heterocycles. The van der Waals surface area contributed by atoms with Crippen LogP contribution in [0.2, 0.25) is 0 Å². The highest BCUT2D eigenvalue weighted by Crippen LogP contribution is 2.47. The highest BCUT2D eigenvalue weighted by molar-refractivity contribution is 5.68. The first-order valence-electron chi connectivity index (χ1n) is 11.6. The minimum Gasteiger partial charge on any atom is -0.461 e. The summed E-state index contributed by atoms with van der Waals surface area (Å²) in [7, 11) is 0. The van der Waals surface area contributed by atoms with E-state index in [1.807, 2.05) is 6.92 Å². The highest BCUT2D eigenvalue weighted by Gasteiger charge is 2.42. The Labute approximate surface area is 206 Å². The van der Waals surface area contributed by atoms with E-state index in [0.29, 0.717) is 12.0 Å². The predicted molar refractivity (Wildman–Crippen MR) is 127 cm³/mol. The maximum atomic E-state index is 12.1. The van der Waals surface area contributed by atoms with Crippen LogP contribution in [-0.2, 0) is 38.1 Å². The topological polar surface area (TPSA) is 105 Å². The van der Waals surface area contributed by atoms with E-state index in [9.17, 15) is 19.2 Å². The molecule has 0 fully saturated rings. The van der Waals surface area contributed by atoms with Crippen LogP contribution in [0.1, 0.15) is 61.3 Å². The molecule has 0 radical (unpaired) electrons. The van der Waals surface area contributed by atoms with Gasteiger partial charge in [0.15, 0.2) is 6.10 Å². The number of carbonyl (C=O) groups is 4. The van der Waals surface area contributed by atoms with Crippen LogP contribution >= 0.6 is 0 Å². The van der Waals surface area contributed by atoms with E-state index in [1.165, 1.54) is 27.7 Å². The Hall–Kier alpha value is -3.34. The van der Waals surface area contributed by atoms with Crippen molar-refractivity contribution in [3.05, 3.63) is 34.9 Å². The molecule has 8 heteroatoms. The third kappa shape index (κ3) is 7.84. The second kappa shape index (κ2) is 11.9. The van der Waals surface area contributed by atoms with Gasteiger partial charge in [-0.15, -0.1) is 0 Å². The van der Waals surface area contributed by atoms with Crippen molar-refractivity contribution in [2.24, 2.45) is 11.3 Å². The minimum absolute atomic E-state index is 0.0120. The zero-order valence-electron chi connectivity index (χ0n) is 21.4. The number of ether oxygens (including phenoxy) is 4. The largest absolute Gasteiger partial charge is 0.461 e. The summed E-state index contributed by atoms with van der Waals surface area (Å²) in [5.74, 6) is 3.68. The normalized spacial score (nSPS) is 28.5. The molecule has 2 aliphatic carbocycles. The van der Waals surface area contributed by atoms with Crippen LogP contribution in [0.3, 0.4) is 0 Å². The molecule has 0 aromatic carbocycles. The fraction of sp³-hybridized carbons (Fsp3) is 0.556. The summed E-state index contributed by atoms with van der Waals surface area (Å²) in [6.45, 7) is 11.0. The first-order chi connectivity index (χ1) is 16.3. The van der Waals surface area contributed by atoms with Crippen molar-refractivity contribution in [3.63, 3.8) is 0 Å². The molecule has 0 unspecified atom stereocenters. The third-order valence-electron chi connectivity index (χ3n) is 6.16. The van der Waals surface area contributed by atoms with Gasteiger partial charge in [-0.05, 0) is 36.5 Å². The van der Waals surface area contributed by atoms with Gasteiger partial charge in [-0.1, -0.05) is 37.3 Å². The van der Waals surface area contributed by atoms with Gasteiger partial charge in [0.05, 0.1) is 0 Å². The molecule has 0 saturated carbocycles. The van der Waals surface area contributed by atoms with Crippen LogP contribution in [0.4, 0.5) is 0 Å². The van der Waals surface area contributed by atoms with Crippen LogP contribution in [0, 0.1) is 23.2 Å². The summed E-state index contributed by atoms with van der Waals surface area (Å²) in [5.41, 5.74) is 2.00. The minimum atomic E-state index is -0.935. The molecule has 35 heavy (non-hydrogen) atoms. The van der Waals surface area contributed by atoms with Crippen LogP contribution in [0.25, 0.3) is 0 Å².